The number of hydrogen-bond donors (Lipinski definition) is 1. The van der Waals surface area contributed by atoms with Crippen LogP contribution in [0.3, 0.4) is 0 Å². The largest absolute Gasteiger partial charge is 0.479 e. The number of pyridine rings is 1. The molecule has 0 radical (unpaired) electrons. The summed E-state index contributed by atoms with van der Waals surface area (Å²) in [4.78, 5) is 15.5. The molecule has 0 aromatic carbocycles. The van der Waals surface area contributed by atoms with Gasteiger partial charge in [-0.1, -0.05) is 12.8 Å². The molecule has 1 N–H and O–H groups in total. The molecule has 8 nitrogen and oxygen atoms in total. The van der Waals surface area contributed by atoms with E-state index in [9.17, 15) is 8.42 Å². The molecule has 0 spiro atoms. The van der Waals surface area contributed by atoms with E-state index in [1.54, 1.807) is 0 Å². The van der Waals surface area contributed by atoms with E-state index in [-0.39, 0.29) is 10.8 Å². The number of aromatic nitrogens is 3. The lowest BCUT2D eigenvalue weighted by atomic mass is 10.1. The summed E-state index contributed by atoms with van der Waals surface area (Å²) in [5, 5.41) is 0. The molecular weight excluding hydrogens is 390 g/mol. The first-order valence-electron chi connectivity index (χ1n) is 10.1. The van der Waals surface area contributed by atoms with Crippen LogP contribution in [0.1, 0.15) is 48.7 Å². The molecule has 2 aromatic heterocycles. The Balaban J connectivity index is 1.59. The number of hydrogen-bond acceptors (Lipinski definition) is 7. The Morgan fingerprint density at radius 1 is 1.14 bits per heavy atom. The average Bonchev–Trinajstić information content (AvgIpc) is 3.20. The van der Waals surface area contributed by atoms with Gasteiger partial charge in [0.15, 0.2) is 0 Å². The smallest absolute Gasteiger partial charge is 0.265 e. The van der Waals surface area contributed by atoms with Crippen LogP contribution >= 0.6 is 0 Å². The van der Waals surface area contributed by atoms with Crippen molar-refractivity contribution in [2.24, 2.45) is 0 Å². The van der Waals surface area contributed by atoms with Crippen LogP contribution in [-0.4, -0.2) is 55.5 Å². The van der Waals surface area contributed by atoms with Crippen molar-refractivity contribution >= 4 is 15.7 Å². The molecule has 1 aliphatic heterocycles. The van der Waals surface area contributed by atoms with Crippen molar-refractivity contribution in [3.8, 4) is 5.88 Å². The molecular formula is C20H27N5O3S. The van der Waals surface area contributed by atoms with Crippen LogP contribution in [-0.2, 0) is 22.9 Å². The molecule has 4 rings (SSSR count). The molecule has 9 heteroatoms. The van der Waals surface area contributed by atoms with Crippen molar-refractivity contribution in [2.45, 2.75) is 49.3 Å². The minimum absolute atomic E-state index is 0.0379. The Bertz CT molecular complexity index is 972. The van der Waals surface area contributed by atoms with E-state index in [2.05, 4.69) is 31.6 Å². The third kappa shape index (κ3) is 4.35. The maximum atomic E-state index is 12.9. The van der Waals surface area contributed by atoms with E-state index in [4.69, 9.17) is 4.74 Å². The Morgan fingerprint density at radius 2 is 1.83 bits per heavy atom. The molecule has 0 saturated heterocycles. The molecule has 0 atom stereocenters. The maximum absolute atomic E-state index is 12.9. The number of likely N-dealkylation sites (N-methyl/N-ethyl adjacent to an activating group) is 1. The van der Waals surface area contributed by atoms with Gasteiger partial charge in [-0.05, 0) is 37.9 Å². The van der Waals surface area contributed by atoms with Gasteiger partial charge in [-0.2, -0.15) is 0 Å². The van der Waals surface area contributed by atoms with Crippen molar-refractivity contribution in [2.75, 3.05) is 32.0 Å². The summed E-state index contributed by atoms with van der Waals surface area (Å²) in [7, 11) is -0.272. The number of sulfonamides is 1. The Kier molecular flexibility index (Phi) is 5.69. The fourth-order valence-corrected chi connectivity index (χ4v) is 4.96. The minimum atomic E-state index is -3.84. The van der Waals surface area contributed by atoms with E-state index >= 15 is 0 Å². The second-order valence-electron chi connectivity index (χ2n) is 7.82. The fraction of sp³-hybridized carbons (Fsp3) is 0.550. The van der Waals surface area contributed by atoms with Crippen LogP contribution in [0.5, 0.6) is 5.88 Å². The second kappa shape index (κ2) is 8.23. The minimum Gasteiger partial charge on any atom is -0.479 e. The number of fused-ring (bicyclic) bond motifs is 1. The van der Waals surface area contributed by atoms with Crippen LogP contribution in [0.4, 0.5) is 5.69 Å². The number of methoxy groups -OCH3 is 1. The molecule has 0 unspecified atom stereocenters. The van der Waals surface area contributed by atoms with Crippen molar-refractivity contribution in [1.82, 2.24) is 19.9 Å². The van der Waals surface area contributed by atoms with Crippen LogP contribution in [0, 0.1) is 0 Å². The fourth-order valence-electron chi connectivity index (χ4n) is 4.02. The summed E-state index contributed by atoms with van der Waals surface area (Å²) >= 11 is 0. The maximum Gasteiger partial charge on any atom is 0.265 e. The van der Waals surface area contributed by atoms with Gasteiger partial charge in [0.05, 0.1) is 19.5 Å². The SMILES string of the molecule is COc1nc2c(cc1NS(=O)(=O)c1cnc(C3CCCC3)nc1)CCN(C)CC2. The lowest BCUT2D eigenvalue weighted by Crippen LogP contribution is -2.20. The summed E-state index contributed by atoms with van der Waals surface area (Å²) in [5.41, 5.74) is 2.34. The Morgan fingerprint density at radius 3 is 2.52 bits per heavy atom. The van der Waals surface area contributed by atoms with E-state index in [0.717, 1.165) is 55.9 Å². The number of anilines is 1. The predicted molar refractivity (Wildman–Crippen MR) is 110 cm³/mol. The highest BCUT2D eigenvalue weighted by Crippen LogP contribution is 2.32. The van der Waals surface area contributed by atoms with Crippen molar-refractivity contribution in [3.63, 3.8) is 0 Å². The molecule has 1 saturated carbocycles. The first-order valence-corrected chi connectivity index (χ1v) is 11.5. The molecule has 0 bridgehead atoms. The highest BCUT2D eigenvalue weighted by Gasteiger charge is 2.24. The summed E-state index contributed by atoms with van der Waals surface area (Å²) < 4.78 is 33.8. The third-order valence-electron chi connectivity index (χ3n) is 5.77. The first-order chi connectivity index (χ1) is 14.0. The number of ether oxygens (including phenoxy) is 1. The van der Waals surface area contributed by atoms with Crippen LogP contribution < -0.4 is 9.46 Å². The zero-order valence-electron chi connectivity index (χ0n) is 16.9. The highest BCUT2D eigenvalue weighted by atomic mass is 32.2. The molecule has 29 heavy (non-hydrogen) atoms. The van der Waals surface area contributed by atoms with Crippen molar-refractivity contribution < 1.29 is 13.2 Å². The molecule has 156 valence electrons. The standard InChI is InChI=1S/C20H27N5O3S/c1-25-9-7-15-11-18(20(28-2)23-17(15)8-10-25)24-29(26,27)16-12-21-19(22-13-16)14-5-3-4-6-14/h11-14,24H,3-10H2,1-2H3. The van der Waals surface area contributed by atoms with Crippen LogP contribution in [0.15, 0.2) is 23.4 Å². The van der Waals surface area contributed by atoms with Gasteiger partial charge in [0.1, 0.15) is 16.4 Å². The van der Waals surface area contributed by atoms with Gasteiger partial charge in [-0.3, -0.25) is 4.72 Å². The van der Waals surface area contributed by atoms with Crippen molar-refractivity contribution in [3.05, 3.63) is 35.5 Å². The van der Waals surface area contributed by atoms with Crippen LogP contribution in [0.25, 0.3) is 0 Å². The monoisotopic (exact) mass is 417 g/mol. The van der Waals surface area contributed by atoms with Gasteiger partial charge in [-0.25, -0.2) is 23.4 Å². The van der Waals surface area contributed by atoms with Crippen molar-refractivity contribution in [1.29, 1.82) is 0 Å². The van der Waals surface area contributed by atoms with Gasteiger partial charge >= 0.3 is 0 Å². The van der Waals surface area contributed by atoms with Gasteiger partial charge in [0.2, 0.25) is 5.88 Å². The number of rotatable bonds is 5. The highest BCUT2D eigenvalue weighted by molar-refractivity contribution is 7.92. The van der Waals surface area contributed by atoms with Gasteiger partial charge in [0.25, 0.3) is 10.0 Å². The molecule has 1 aliphatic carbocycles. The lowest BCUT2D eigenvalue weighted by molar-refractivity contribution is 0.351. The normalized spacial score (nSPS) is 18.3. The number of nitrogens with zero attached hydrogens (tertiary/aromatic N) is 4. The summed E-state index contributed by atoms with van der Waals surface area (Å²) in [6.45, 7) is 1.82. The van der Waals surface area contributed by atoms with Crippen LogP contribution in [0.2, 0.25) is 0 Å². The average molecular weight is 418 g/mol. The molecule has 1 fully saturated rings. The molecule has 2 aromatic rings. The molecule has 2 aliphatic rings. The third-order valence-corrected chi connectivity index (χ3v) is 7.09. The van der Waals surface area contributed by atoms with E-state index in [0.29, 0.717) is 11.6 Å². The van der Waals surface area contributed by atoms with Gasteiger partial charge in [0, 0.05) is 31.1 Å². The lowest BCUT2D eigenvalue weighted by Gasteiger charge is -2.15. The van der Waals surface area contributed by atoms with E-state index in [1.807, 2.05) is 6.07 Å². The van der Waals surface area contributed by atoms with E-state index in [1.165, 1.54) is 32.3 Å². The zero-order valence-corrected chi connectivity index (χ0v) is 17.7. The summed E-state index contributed by atoms with van der Waals surface area (Å²) in [6, 6.07) is 1.84. The van der Waals surface area contributed by atoms with Gasteiger partial charge < -0.3 is 9.64 Å². The Hall–Kier alpha value is -2.26. The Labute approximate surface area is 171 Å². The first kappa shape index (κ1) is 20.0. The predicted octanol–water partition coefficient (Wildman–Crippen LogP) is 2.37. The second-order valence-corrected chi connectivity index (χ2v) is 9.50. The summed E-state index contributed by atoms with van der Waals surface area (Å²) in [5.74, 6) is 1.35. The topological polar surface area (TPSA) is 97.3 Å². The molecule has 0 amide bonds. The van der Waals surface area contributed by atoms with Gasteiger partial charge in [-0.15, -0.1) is 0 Å². The quantitative estimate of drug-likeness (QED) is 0.797. The van der Waals surface area contributed by atoms with E-state index < -0.39 is 10.0 Å². The molecule has 3 heterocycles. The summed E-state index contributed by atoms with van der Waals surface area (Å²) in [6.07, 6.45) is 8.90. The number of nitrogens with one attached hydrogen (secondary N) is 1. The zero-order chi connectivity index (χ0) is 20.4.